The summed E-state index contributed by atoms with van der Waals surface area (Å²) in [6.45, 7) is 0.253. The van der Waals surface area contributed by atoms with Crippen molar-refractivity contribution in [2.24, 2.45) is 0 Å². The Morgan fingerprint density at radius 1 is 0.975 bits per heavy atom. The summed E-state index contributed by atoms with van der Waals surface area (Å²) >= 11 is 0. The Morgan fingerprint density at radius 3 is 2.35 bits per heavy atom. The van der Waals surface area contributed by atoms with E-state index in [2.05, 4.69) is 10.1 Å². The third kappa shape index (κ3) is 4.46. The molecule has 3 heterocycles. The number of piperidine rings is 1. The maximum atomic E-state index is 13.9. The van der Waals surface area contributed by atoms with Crippen LogP contribution < -0.4 is 14.8 Å². The molecule has 3 aliphatic heterocycles. The second kappa shape index (κ2) is 9.78. The van der Waals surface area contributed by atoms with E-state index in [-0.39, 0.29) is 24.3 Å². The van der Waals surface area contributed by atoms with Gasteiger partial charge in [-0.2, -0.15) is 0 Å². The van der Waals surface area contributed by atoms with Crippen LogP contribution in [0.15, 0.2) is 83.8 Å². The van der Waals surface area contributed by atoms with Gasteiger partial charge in [0.05, 0.1) is 35.0 Å². The number of nitrogens with one attached hydrogen (secondary N) is 1. The van der Waals surface area contributed by atoms with Crippen molar-refractivity contribution in [3.63, 3.8) is 0 Å². The molecule has 1 spiro atoms. The van der Waals surface area contributed by atoms with Crippen LogP contribution in [-0.2, 0) is 20.1 Å². The van der Waals surface area contributed by atoms with Crippen molar-refractivity contribution in [2.75, 3.05) is 13.7 Å². The Labute approximate surface area is 231 Å². The fraction of sp³-hybridized carbons (Fsp3) is 0.400. The SMILES string of the molecule is COc1ccc(OC(F)(F)F)cc1C1COC2(CCC3NC2(c2ccccc2)CC3S(=O)(=O)c2ccccc2)C1. The predicted octanol–water partition coefficient (Wildman–Crippen LogP) is 5.73. The standard InChI is InChI=1S/C30H30F3NO5S/c1-37-26-13-12-22(39-30(31,32)33)16-24(26)20-17-28(38-19-20)15-14-25-27(40(35,36)23-10-6-3-7-11-23)18-29(28,34-25)21-8-4-2-5-9-21/h2-13,16,20,25,27,34H,14-15,17-19H2,1H3. The van der Waals surface area contributed by atoms with Crippen LogP contribution >= 0.6 is 0 Å². The van der Waals surface area contributed by atoms with E-state index in [1.807, 2.05) is 30.3 Å². The van der Waals surface area contributed by atoms with Gasteiger partial charge in [0.1, 0.15) is 11.5 Å². The quantitative estimate of drug-likeness (QED) is 0.406. The molecule has 0 aromatic heterocycles. The molecule has 3 aromatic rings. The molecule has 3 saturated heterocycles. The van der Waals surface area contributed by atoms with Crippen LogP contribution in [0.2, 0.25) is 0 Å². The molecule has 212 valence electrons. The fourth-order valence-electron chi connectivity index (χ4n) is 7.06. The molecule has 10 heteroatoms. The zero-order valence-corrected chi connectivity index (χ0v) is 22.7. The van der Waals surface area contributed by atoms with Gasteiger partial charge >= 0.3 is 6.36 Å². The normalized spacial score (nSPS) is 29.9. The molecular weight excluding hydrogens is 543 g/mol. The molecule has 3 aliphatic rings. The van der Waals surface area contributed by atoms with Crippen LogP contribution in [0, 0.1) is 0 Å². The Kier molecular flexibility index (Phi) is 6.63. The molecule has 5 unspecified atom stereocenters. The van der Waals surface area contributed by atoms with Crippen molar-refractivity contribution >= 4 is 9.84 Å². The van der Waals surface area contributed by atoms with Gasteiger partial charge in [-0.1, -0.05) is 48.5 Å². The Hall–Kier alpha value is -3.08. The molecule has 2 bridgehead atoms. The summed E-state index contributed by atoms with van der Waals surface area (Å²) in [6.07, 6.45) is -2.82. The summed E-state index contributed by atoms with van der Waals surface area (Å²) in [5.74, 6) is -0.152. The zero-order valence-electron chi connectivity index (χ0n) is 21.9. The lowest BCUT2D eigenvalue weighted by molar-refractivity contribution is -0.274. The molecule has 40 heavy (non-hydrogen) atoms. The largest absolute Gasteiger partial charge is 0.573 e. The first-order valence-electron chi connectivity index (χ1n) is 13.3. The highest BCUT2D eigenvalue weighted by Gasteiger charge is 2.66. The van der Waals surface area contributed by atoms with Crippen LogP contribution in [0.1, 0.15) is 42.7 Å². The molecule has 3 aromatic carbocycles. The van der Waals surface area contributed by atoms with Crippen molar-refractivity contribution in [3.8, 4) is 11.5 Å². The summed E-state index contributed by atoms with van der Waals surface area (Å²) in [5.41, 5.74) is -0.0705. The summed E-state index contributed by atoms with van der Waals surface area (Å²) < 4.78 is 83.1. The molecule has 1 N–H and O–H groups in total. The molecule has 6 rings (SSSR count). The van der Waals surface area contributed by atoms with E-state index in [1.165, 1.54) is 25.3 Å². The van der Waals surface area contributed by atoms with E-state index in [0.717, 1.165) is 5.56 Å². The monoisotopic (exact) mass is 573 g/mol. The van der Waals surface area contributed by atoms with Gasteiger partial charge in [0, 0.05) is 17.5 Å². The number of rotatable bonds is 6. The number of fused-ring (bicyclic) bond motifs is 3. The van der Waals surface area contributed by atoms with Gasteiger partial charge in [-0.3, -0.25) is 0 Å². The number of hydrogen-bond donors (Lipinski definition) is 1. The van der Waals surface area contributed by atoms with Gasteiger partial charge < -0.3 is 19.5 Å². The first kappa shape index (κ1) is 27.1. The minimum absolute atomic E-state index is 0.253. The minimum Gasteiger partial charge on any atom is -0.496 e. The lowest BCUT2D eigenvalue weighted by Gasteiger charge is -2.50. The number of ether oxygens (including phenoxy) is 3. The van der Waals surface area contributed by atoms with E-state index < -0.39 is 32.6 Å². The van der Waals surface area contributed by atoms with Gasteiger partial charge in [-0.05, 0) is 61.6 Å². The number of halogens is 3. The first-order chi connectivity index (χ1) is 19.1. The van der Waals surface area contributed by atoms with Crippen molar-refractivity contribution in [1.29, 1.82) is 0 Å². The fourth-order valence-corrected chi connectivity index (χ4v) is 9.06. The van der Waals surface area contributed by atoms with Crippen LogP contribution in [0.25, 0.3) is 0 Å². The zero-order chi connectivity index (χ0) is 28.2. The van der Waals surface area contributed by atoms with E-state index in [0.29, 0.717) is 41.9 Å². The van der Waals surface area contributed by atoms with E-state index in [4.69, 9.17) is 9.47 Å². The number of methoxy groups -OCH3 is 1. The van der Waals surface area contributed by atoms with Gasteiger partial charge in [0.2, 0.25) is 0 Å². The van der Waals surface area contributed by atoms with Crippen LogP contribution in [0.3, 0.4) is 0 Å². The maximum Gasteiger partial charge on any atom is 0.573 e. The van der Waals surface area contributed by atoms with Gasteiger partial charge in [0.15, 0.2) is 9.84 Å². The molecule has 5 atom stereocenters. The summed E-state index contributed by atoms with van der Waals surface area (Å²) in [4.78, 5) is 0.294. The predicted molar refractivity (Wildman–Crippen MR) is 142 cm³/mol. The van der Waals surface area contributed by atoms with Crippen LogP contribution in [-0.4, -0.2) is 45.4 Å². The highest BCUT2D eigenvalue weighted by Crippen LogP contribution is 2.59. The number of benzene rings is 3. The van der Waals surface area contributed by atoms with Crippen molar-refractivity contribution in [3.05, 3.63) is 90.0 Å². The minimum atomic E-state index is -4.82. The highest BCUT2D eigenvalue weighted by molar-refractivity contribution is 7.92. The Balaban J connectivity index is 1.39. The second-order valence-corrected chi connectivity index (χ2v) is 13.0. The van der Waals surface area contributed by atoms with E-state index >= 15 is 0 Å². The molecular formula is C30H30F3NO5S. The molecule has 6 nitrogen and oxygen atoms in total. The summed E-state index contributed by atoms with van der Waals surface area (Å²) in [6, 6.07) is 22.1. The number of sulfone groups is 1. The smallest absolute Gasteiger partial charge is 0.496 e. The van der Waals surface area contributed by atoms with Gasteiger partial charge in [0.25, 0.3) is 0 Å². The summed E-state index contributed by atoms with van der Waals surface area (Å²) in [7, 11) is -2.17. The van der Waals surface area contributed by atoms with Gasteiger partial charge in [-0.15, -0.1) is 13.2 Å². The average molecular weight is 574 g/mol. The molecule has 0 radical (unpaired) electrons. The Bertz CT molecular complexity index is 1480. The first-order valence-corrected chi connectivity index (χ1v) is 14.8. The van der Waals surface area contributed by atoms with Crippen molar-refractivity contribution in [2.45, 2.75) is 65.3 Å². The Morgan fingerprint density at radius 2 is 1.68 bits per heavy atom. The second-order valence-electron chi connectivity index (χ2n) is 10.8. The lowest BCUT2D eigenvalue weighted by Crippen LogP contribution is -2.62. The summed E-state index contributed by atoms with van der Waals surface area (Å²) in [5, 5.41) is 3.06. The topological polar surface area (TPSA) is 73.9 Å². The van der Waals surface area contributed by atoms with Crippen LogP contribution in [0.5, 0.6) is 11.5 Å². The highest BCUT2D eigenvalue weighted by atomic mass is 32.2. The lowest BCUT2D eigenvalue weighted by atomic mass is 9.67. The van der Waals surface area contributed by atoms with Gasteiger partial charge in [-0.25, -0.2) is 8.42 Å². The number of hydrogen-bond acceptors (Lipinski definition) is 6. The van der Waals surface area contributed by atoms with E-state index in [1.54, 1.807) is 30.3 Å². The molecule has 0 aliphatic carbocycles. The third-order valence-corrected chi connectivity index (χ3v) is 11.0. The molecule has 0 saturated carbocycles. The van der Waals surface area contributed by atoms with Crippen LogP contribution in [0.4, 0.5) is 13.2 Å². The molecule has 3 fully saturated rings. The van der Waals surface area contributed by atoms with Crippen molar-refractivity contribution in [1.82, 2.24) is 5.32 Å². The maximum absolute atomic E-state index is 13.9. The van der Waals surface area contributed by atoms with Crippen molar-refractivity contribution < 1.29 is 35.8 Å². The third-order valence-electron chi connectivity index (χ3n) is 8.77. The number of alkyl halides is 3. The van der Waals surface area contributed by atoms with E-state index in [9.17, 15) is 21.6 Å². The average Bonchev–Trinajstić information content (AvgIpc) is 3.53. The molecule has 0 amide bonds.